The molecule has 0 fully saturated rings. The number of halogens is 2. The molecule has 0 aliphatic carbocycles. The summed E-state index contributed by atoms with van der Waals surface area (Å²) >= 11 is 0. The number of carbonyl (C=O) groups is 1. The lowest BCUT2D eigenvalue weighted by Gasteiger charge is -2.25. The normalized spacial score (nSPS) is 19.1. The second-order valence-electron chi connectivity index (χ2n) is 3.59. The molecule has 5 heteroatoms. The number of ether oxygens (including phenoxy) is 1. The van der Waals surface area contributed by atoms with Gasteiger partial charge >= 0.3 is 5.97 Å². The average molecular weight is 227 g/mol. The number of esters is 1. The topological polar surface area (TPSA) is 38.3 Å². The summed E-state index contributed by atoms with van der Waals surface area (Å²) < 4.78 is 31.1. The van der Waals surface area contributed by atoms with Gasteiger partial charge in [-0.05, 0) is 23.6 Å². The molecule has 0 spiro atoms. The van der Waals surface area contributed by atoms with E-state index in [1.807, 2.05) is 0 Å². The van der Waals surface area contributed by atoms with Crippen LogP contribution in [0.2, 0.25) is 0 Å². The number of fused-ring (bicyclic) bond motifs is 1. The molecule has 16 heavy (non-hydrogen) atoms. The fourth-order valence-electron chi connectivity index (χ4n) is 1.91. The van der Waals surface area contributed by atoms with Gasteiger partial charge in [0, 0.05) is 6.54 Å². The first-order chi connectivity index (χ1) is 7.65. The van der Waals surface area contributed by atoms with Gasteiger partial charge in [-0.25, -0.2) is 13.6 Å². The number of hydrogen-bond acceptors (Lipinski definition) is 3. The maximum atomic E-state index is 13.5. The Hall–Kier alpha value is -1.49. The fourth-order valence-corrected chi connectivity index (χ4v) is 1.91. The van der Waals surface area contributed by atoms with Crippen LogP contribution in [0.1, 0.15) is 17.2 Å². The van der Waals surface area contributed by atoms with E-state index in [0.717, 1.165) is 6.07 Å². The Balaban J connectivity index is 2.47. The molecule has 1 aliphatic heterocycles. The van der Waals surface area contributed by atoms with Crippen LogP contribution < -0.4 is 5.32 Å². The minimum atomic E-state index is -0.885. The third-order valence-corrected chi connectivity index (χ3v) is 2.70. The average Bonchev–Trinajstić information content (AvgIpc) is 2.32. The smallest absolute Gasteiger partial charge is 0.327 e. The molecule has 0 amide bonds. The molecule has 1 aromatic rings. The van der Waals surface area contributed by atoms with Crippen molar-refractivity contribution in [3.8, 4) is 0 Å². The molecule has 1 aromatic carbocycles. The van der Waals surface area contributed by atoms with Crippen molar-refractivity contribution >= 4 is 5.97 Å². The molecule has 2 rings (SSSR count). The van der Waals surface area contributed by atoms with Gasteiger partial charge in [0.2, 0.25) is 0 Å². The highest BCUT2D eigenvalue weighted by molar-refractivity contribution is 5.78. The Morgan fingerprint density at radius 2 is 2.25 bits per heavy atom. The highest BCUT2D eigenvalue weighted by Gasteiger charge is 2.29. The van der Waals surface area contributed by atoms with E-state index in [2.05, 4.69) is 10.1 Å². The lowest BCUT2D eigenvalue weighted by Crippen LogP contribution is -2.36. The Bertz CT molecular complexity index is 434. The van der Waals surface area contributed by atoms with Crippen LogP contribution in [0.3, 0.4) is 0 Å². The van der Waals surface area contributed by atoms with Crippen molar-refractivity contribution in [2.24, 2.45) is 0 Å². The first kappa shape index (κ1) is 11.0. The Morgan fingerprint density at radius 3 is 2.94 bits per heavy atom. The molecule has 0 saturated heterocycles. The minimum absolute atomic E-state index is 0.258. The maximum absolute atomic E-state index is 13.5. The van der Waals surface area contributed by atoms with Gasteiger partial charge in [-0.3, -0.25) is 0 Å². The molecule has 0 aromatic heterocycles. The molecule has 3 nitrogen and oxygen atoms in total. The molecule has 1 aliphatic rings. The number of benzene rings is 1. The standard InChI is InChI=1S/C11H11F2NO2/c1-16-11(15)10-7-2-3-8(12)9(13)6(7)4-5-14-10/h2-3,10,14H,4-5H2,1H3. The van der Waals surface area contributed by atoms with Crippen LogP contribution in [0, 0.1) is 11.6 Å². The van der Waals surface area contributed by atoms with E-state index in [1.54, 1.807) is 0 Å². The first-order valence-electron chi connectivity index (χ1n) is 4.93. The van der Waals surface area contributed by atoms with Crippen LogP contribution in [0.5, 0.6) is 0 Å². The molecule has 1 N–H and O–H groups in total. The quantitative estimate of drug-likeness (QED) is 0.735. The third kappa shape index (κ3) is 1.67. The third-order valence-electron chi connectivity index (χ3n) is 2.70. The van der Waals surface area contributed by atoms with E-state index in [4.69, 9.17) is 0 Å². The Labute approximate surface area is 91.4 Å². The summed E-state index contributed by atoms with van der Waals surface area (Å²) in [5.74, 6) is -2.25. The van der Waals surface area contributed by atoms with Crippen molar-refractivity contribution in [3.05, 3.63) is 34.9 Å². The van der Waals surface area contributed by atoms with Gasteiger partial charge in [0.25, 0.3) is 0 Å². The van der Waals surface area contributed by atoms with Gasteiger partial charge < -0.3 is 10.1 Å². The molecule has 0 radical (unpaired) electrons. The SMILES string of the molecule is COC(=O)C1NCCc2c1ccc(F)c2F. The summed E-state index contributed by atoms with van der Waals surface area (Å²) in [6, 6.07) is 1.74. The van der Waals surface area contributed by atoms with Crippen molar-refractivity contribution in [3.63, 3.8) is 0 Å². The molecule has 0 bridgehead atoms. The van der Waals surface area contributed by atoms with E-state index in [0.29, 0.717) is 18.5 Å². The van der Waals surface area contributed by atoms with Crippen LogP contribution >= 0.6 is 0 Å². The Morgan fingerprint density at radius 1 is 1.50 bits per heavy atom. The van der Waals surface area contributed by atoms with E-state index >= 15 is 0 Å². The predicted molar refractivity (Wildman–Crippen MR) is 52.8 cm³/mol. The summed E-state index contributed by atoms with van der Waals surface area (Å²) in [5.41, 5.74) is 0.714. The van der Waals surface area contributed by atoms with Crippen LogP contribution in [0.4, 0.5) is 8.78 Å². The lowest BCUT2D eigenvalue weighted by molar-refractivity contribution is -0.143. The van der Waals surface area contributed by atoms with E-state index in [1.165, 1.54) is 13.2 Å². The molecule has 86 valence electrons. The lowest BCUT2D eigenvalue weighted by atomic mass is 9.93. The number of hydrogen-bond donors (Lipinski definition) is 1. The fraction of sp³-hybridized carbons (Fsp3) is 0.364. The zero-order valence-corrected chi connectivity index (χ0v) is 8.72. The summed E-state index contributed by atoms with van der Waals surface area (Å²) in [5, 5.41) is 2.91. The van der Waals surface area contributed by atoms with E-state index in [9.17, 15) is 13.6 Å². The van der Waals surface area contributed by atoms with Gasteiger partial charge in [-0.15, -0.1) is 0 Å². The van der Waals surface area contributed by atoms with Gasteiger partial charge in [0.05, 0.1) is 7.11 Å². The van der Waals surface area contributed by atoms with Gasteiger partial charge in [0.1, 0.15) is 6.04 Å². The van der Waals surface area contributed by atoms with Crippen LogP contribution in [0.25, 0.3) is 0 Å². The first-order valence-corrected chi connectivity index (χ1v) is 4.93. The summed E-state index contributed by atoms with van der Waals surface area (Å²) in [6.45, 7) is 0.424. The van der Waals surface area contributed by atoms with E-state index < -0.39 is 23.6 Å². The summed E-state index contributed by atoms with van der Waals surface area (Å²) in [7, 11) is 1.26. The number of rotatable bonds is 1. The van der Waals surface area contributed by atoms with Crippen molar-refractivity contribution in [2.45, 2.75) is 12.5 Å². The van der Waals surface area contributed by atoms with Crippen molar-refractivity contribution < 1.29 is 18.3 Å². The van der Waals surface area contributed by atoms with Crippen molar-refractivity contribution in [1.29, 1.82) is 0 Å². The maximum Gasteiger partial charge on any atom is 0.327 e. The monoisotopic (exact) mass is 227 g/mol. The highest BCUT2D eigenvalue weighted by atomic mass is 19.2. The molecular formula is C11H11F2NO2. The largest absolute Gasteiger partial charge is 0.468 e. The Kier molecular flexibility index (Phi) is 2.87. The molecule has 1 heterocycles. The summed E-state index contributed by atoms with van der Waals surface area (Å²) in [4.78, 5) is 11.4. The van der Waals surface area contributed by atoms with Gasteiger partial charge in [-0.2, -0.15) is 0 Å². The number of nitrogens with one attached hydrogen (secondary N) is 1. The second kappa shape index (κ2) is 4.17. The highest BCUT2D eigenvalue weighted by Crippen LogP contribution is 2.27. The summed E-state index contributed by atoms with van der Waals surface area (Å²) in [6.07, 6.45) is 0.367. The van der Waals surface area contributed by atoms with Crippen molar-refractivity contribution in [2.75, 3.05) is 13.7 Å². The van der Waals surface area contributed by atoms with Crippen LogP contribution in [-0.2, 0) is 16.0 Å². The van der Waals surface area contributed by atoms with Crippen LogP contribution in [0.15, 0.2) is 12.1 Å². The zero-order chi connectivity index (χ0) is 11.7. The molecular weight excluding hydrogens is 216 g/mol. The van der Waals surface area contributed by atoms with Crippen LogP contribution in [-0.4, -0.2) is 19.6 Å². The molecule has 0 saturated carbocycles. The second-order valence-corrected chi connectivity index (χ2v) is 3.59. The van der Waals surface area contributed by atoms with Gasteiger partial charge in [0.15, 0.2) is 11.6 Å². The van der Waals surface area contributed by atoms with Crippen molar-refractivity contribution in [1.82, 2.24) is 5.32 Å². The number of carbonyl (C=O) groups excluding carboxylic acids is 1. The molecule has 1 atom stereocenters. The molecule has 1 unspecified atom stereocenters. The minimum Gasteiger partial charge on any atom is -0.468 e. The number of methoxy groups -OCH3 is 1. The zero-order valence-electron chi connectivity index (χ0n) is 8.72. The predicted octanol–water partition coefficient (Wildman–Crippen LogP) is 1.32. The van der Waals surface area contributed by atoms with E-state index in [-0.39, 0.29) is 5.56 Å². The van der Waals surface area contributed by atoms with Gasteiger partial charge in [-0.1, -0.05) is 6.07 Å².